The number of hydrazone groups is 1. The van der Waals surface area contributed by atoms with Crippen LogP contribution < -0.4 is 5.32 Å². The van der Waals surface area contributed by atoms with Gasteiger partial charge in [0.1, 0.15) is 6.54 Å². The van der Waals surface area contributed by atoms with Crippen LogP contribution in [0.5, 0.6) is 0 Å². The molecule has 17 heavy (non-hydrogen) atoms. The smallest absolute Gasteiger partial charge is 0.275 e. The molecule has 1 aromatic heterocycles. The lowest BCUT2D eigenvalue weighted by atomic mass is 10.2. The van der Waals surface area contributed by atoms with Gasteiger partial charge in [0, 0.05) is 18.3 Å². The van der Waals surface area contributed by atoms with Gasteiger partial charge in [0.2, 0.25) is 5.91 Å². The summed E-state index contributed by atoms with van der Waals surface area (Å²) in [7, 11) is 1.84. The molecule has 1 aromatic rings. The molecule has 0 aliphatic carbocycles. The van der Waals surface area contributed by atoms with Crippen molar-refractivity contribution in [3.8, 4) is 0 Å². The van der Waals surface area contributed by atoms with Crippen LogP contribution in [0.15, 0.2) is 5.10 Å². The minimum absolute atomic E-state index is 0.0340. The standard InChI is InChI=1S/C10H13N5O2/c1-6-8(7(2)14(3)13-6)4-11-15-5-9(16)12-10(15)17/h4H,5H2,1-3H3,(H,12,16,17)/b11-4+. The van der Waals surface area contributed by atoms with Crippen molar-refractivity contribution in [1.29, 1.82) is 0 Å². The number of hydrogen-bond donors (Lipinski definition) is 1. The molecule has 7 heteroatoms. The van der Waals surface area contributed by atoms with Crippen LogP contribution in [-0.4, -0.2) is 39.5 Å². The third kappa shape index (κ3) is 2.03. The van der Waals surface area contributed by atoms with Crippen LogP contribution in [0.1, 0.15) is 17.0 Å². The third-order valence-corrected chi connectivity index (χ3v) is 2.67. The molecule has 1 aliphatic rings. The predicted octanol–water partition coefficient (Wildman–Crippen LogP) is -0.0774. The second-order valence-electron chi connectivity index (χ2n) is 3.86. The summed E-state index contributed by atoms with van der Waals surface area (Å²) < 4.78 is 1.74. The van der Waals surface area contributed by atoms with E-state index in [0.717, 1.165) is 22.0 Å². The normalized spacial score (nSPS) is 16.1. The summed E-state index contributed by atoms with van der Waals surface area (Å²) in [6.07, 6.45) is 1.55. The van der Waals surface area contributed by atoms with Crippen molar-refractivity contribution in [2.45, 2.75) is 13.8 Å². The van der Waals surface area contributed by atoms with Gasteiger partial charge < -0.3 is 0 Å². The first kappa shape index (κ1) is 11.3. The van der Waals surface area contributed by atoms with Gasteiger partial charge in [-0.2, -0.15) is 10.2 Å². The maximum absolute atomic E-state index is 11.2. The molecule has 7 nitrogen and oxygen atoms in total. The van der Waals surface area contributed by atoms with Crippen molar-refractivity contribution >= 4 is 18.2 Å². The lowest BCUT2D eigenvalue weighted by Gasteiger charge is -2.04. The Morgan fingerprint density at radius 1 is 1.41 bits per heavy atom. The molecular formula is C10H13N5O2. The number of aromatic nitrogens is 2. The number of amides is 3. The highest BCUT2D eigenvalue weighted by atomic mass is 16.2. The van der Waals surface area contributed by atoms with E-state index >= 15 is 0 Å². The van der Waals surface area contributed by atoms with Gasteiger partial charge in [-0.3, -0.25) is 14.8 Å². The van der Waals surface area contributed by atoms with E-state index in [1.807, 2.05) is 20.9 Å². The molecule has 90 valence electrons. The first-order valence-corrected chi connectivity index (χ1v) is 5.14. The molecule has 1 aliphatic heterocycles. The van der Waals surface area contributed by atoms with E-state index in [0.29, 0.717) is 0 Å². The topological polar surface area (TPSA) is 79.6 Å². The molecule has 2 heterocycles. The maximum Gasteiger partial charge on any atom is 0.344 e. The van der Waals surface area contributed by atoms with E-state index in [1.165, 1.54) is 0 Å². The Bertz CT molecular complexity index is 517. The molecule has 0 spiro atoms. The van der Waals surface area contributed by atoms with Gasteiger partial charge in [-0.05, 0) is 13.8 Å². The average Bonchev–Trinajstić information content (AvgIpc) is 2.67. The highest BCUT2D eigenvalue weighted by Crippen LogP contribution is 2.09. The number of carbonyl (C=O) groups excluding carboxylic acids is 2. The van der Waals surface area contributed by atoms with Gasteiger partial charge in [-0.1, -0.05) is 0 Å². The van der Waals surface area contributed by atoms with Crippen molar-refractivity contribution in [1.82, 2.24) is 20.1 Å². The maximum atomic E-state index is 11.2. The average molecular weight is 235 g/mol. The molecule has 0 radical (unpaired) electrons. The van der Waals surface area contributed by atoms with Gasteiger partial charge in [0.05, 0.1) is 11.9 Å². The van der Waals surface area contributed by atoms with Crippen LogP contribution in [0.3, 0.4) is 0 Å². The van der Waals surface area contributed by atoms with Crippen LogP contribution >= 0.6 is 0 Å². The monoisotopic (exact) mass is 235 g/mol. The molecule has 0 bridgehead atoms. The Hall–Kier alpha value is -2.18. The Kier molecular flexibility index (Phi) is 2.66. The zero-order valence-corrected chi connectivity index (χ0v) is 9.89. The van der Waals surface area contributed by atoms with Gasteiger partial charge in [0.15, 0.2) is 0 Å². The fourth-order valence-electron chi connectivity index (χ4n) is 1.63. The Morgan fingerprint density at radius 2 is 2.12 bits per heavy atom. The van der Waals surface area contributed by atoms with E-state index in [2.05, 4.69) is 15.5 Å². The van der Waals surface area contributed by atoms with Crippen LogP contribution in [0.2, 0.25) is 0 Å². The number of urea groups is 1. The van der Waals surface area contributed by atoms with Crippen molar-refractivity contribution in [3.63, 3.8) is 0 Å². The number of nitrogens with one attached hydrogen (secondary N) is 1. The zero-order valence-electron chi connectivity index (χ0n) is 9.89. The van der Waals surface area contributed by atoms with Crippen molar-refractivity contribution in [2.24, 2.45) is 12.1 Å². The van der Waals surface area contributed by atoms with E-state index in [4.69, 9.17) is 0 Å². The number of imide groups is 1. The molecule has 0 atom stereocenters. The molecule has 1 saturated heterocycles. The molecule has 0 aromatic carbocycles. The molecule has 0 saturated carbocycles. The minimum atomic E-state index is -0.495. The first-order valence-electron chi connectivity index (χ1n) is 5.14. The van der Waals surface area contributed by atoms with E-state index in [1.54, 1.807) is 10.9 Å². The van der Waals surface area contributed by atoms with E-state index in [-0.39, 0.29) is 12.5 Å². The van der Waals surface area contributed by atoms with Gasteiger partial charge in [0.25, 0.3) is 0 Å². The fourth-order valence-corrected chi connectivity index (χ4v) is 1.63. The van der Waals surface area contributed by atoms with Crippen molar-refractivity contribution < 1.29 is 9.59 Å². The third-order valence-electron chi connectivity index (χ3n) is 2.67. The Balaban J connectivity index is 2.21. The van der Waals surface area contributed by atoms with Crippen molar-refractivity contribution in [2.75, 3.05) is 6.54 Å². The fraction of sp³-hybridized carbons (Fsp3) is 0.400. The van der Waals surface area contributed by atoms with Crippen LogP contribution in [-0.2, 0) is 11.8 Å². The lowest BCUT2D eigenvalue weighted by molar-refractivity contribution is -0.118. The summed E-state index contributed by atoms with van der Waals surface area (Å²) in [6.45, 7) is 3.74. The number of nitrogens with zero attached hydrogens (tertiary/aromatic N) is 4. The second-order valence-corrected chi connectivity index (χ2v) is 3.86. The SMILES string of the molecule is Cc1nn(C)c(C)c1/C=N/N1CC(=O)NC1=O. The van der Waals surface area contributed by atoms with E-state index < -0.39 is 6.03 Å². The molecule has 0 unspecified atom stereocenters. The minimum Gasteiger partial charge on any atom is -0.275 e. The number of hydrogen-bond acceptors (Lipinski definition) is 4. The first-order chi connectivity index (χ1) is 7.99. The quantitative estimate of drug-likeness (QED) is 0.575. The summed E-state index contributed by atoms with van der Waals surface area (Å²) >= 11 is 0. The molecule has 1 N–H and O–H groups in total. The van der Waals surface area contributed by atoms with Gasteiger partial charge in [-0.25, -0.2) is 9.80 Å². The van der Waals surface area contributed by atoms with E-state index in [9.17, 15) is 9.59 Å². The summed E-state index contributed by atoms with van der Waals surface area (Å²) in [6, 6.07) is -0.495. The predicted molar refractivity (Wildman–Crippen MR) is 60.5 cm³/mol. The molecule has 3 amide bonds. The van der Waals surface area contributed by atoms with Crippen molar-refractivity contribution in [3.05, 3.63) is 17.0 Å². The largest absolute Gasteiger partial charge is 0.344 e. The highest BCUT2D eigenvalue weighted by Gasteiger charge is 2.26. The molecule has 1 fully saturated rings. The van der Waals surface area contributed by atoms with Crippen LogP contribution in [0, 0.1) is 13.8 Å². The number of aryl methyl sites for hydroxylation is 2. The van der Waals surface area contributed by atoms with Crippen LogP contribution in [0.4, 0.5) is 4.79 Å². The molecule has 2 rings (SSSR count). The summed E-state index contributed by atoms with van der Waals surface area (Å²) in [4.78, 5) is 22.2. The Labute approximate surface area is 98.1 Å². The summed E-state index contributed by atoms with van der Waals surface area (Å²) in [5.41, 5.74) is 2.65. The van der Waals surface area contributed by atoms with Crippen LogP contribution in [0.25, 0.3) is 0 Å². The summed E-state index contributed by atoms with van der Waals surface area (Å²) in [5.74, 6) is -0.341. The lowest BCUT2D eigenvalue weighted by Crippen LogP contribution is -2.24. The highest BCUT2D eigenvalue weighted by molar-refractivity contribution is 6.02. The van der Waals surface area contributed by atoms with Gasteiger partial charge >= 0.3 is 6.03 Å². The van der Waals surface area contributed by atoms with Gasteiger partial charge in [-0.15, -0.1) is 0 Å². The zero-order chi connectivity index (χ0) is 12.6. The second kappa shape index (κ2) is 4.00. The number of carbonyl (C=O) groups is 2. The Morgan fingerprint density at radius 3 is 2.59 bits per heavy atom. The number of rotatable bonds is 2. The summed E-state index contributed by atoms with van der Waals surface area (Å²) in [5, 5.41) is 11.5. The molecular weight excluding hydrogens is 222 g/mol.